The van der Waals surface area contributed by atoms with Crippen LogP contribution in [0.15, 0.2) is 77.8 Å². The maximum Gasteiger partial charge on any atom is 0.265 e. The molecular formula is C30H43N7O3. The van der Waals surface area contributed by atoms with Crippen molar-refractivity contribution in [3.05, 3.63) is 83.9 Å². The lowest BCUT2D eigenvalue weighted by molar-refractivity contribution is -0.139. The molecule has 2 rings (SSSR count). The minimum absolute atomic E-state index is 0.0476. The van der Waals surface area contributed by atoms with Gasteiger partial charge in [-0.3, -0.25) is 29.8 Å². The van der Waals surface area contributed by atoms with E-state index in [-0.39, 0.29) is 30.9 Å². The Hall–Kier alpha value is -4.18. The summed E-state index contributed by atoms with van der Waals surface area (Å²) in [6.45, 7) is 5.53. The van der Waals surface area contributed by atoms with Crippen LogP contribution in [0.2, 0.25) is 0 Å². The molecule has 0 aliphatic carbocycles. The lowest BCUT2D eigenvalue weighted by Gasteiger charge is -2.26. The van der Waals surface area contributed by atoms with Crippen LogP contribution in [0.1, 0.15) is 44.2 Å². The van der Waals surface area contributed by atoms with Crippen molar-refractivity contribution in [3.63, 3.8) is 0 Å². The predicted octanol–water partition coefficient (Wildman–Crippen LogP) is 2.02. The Morgan fingerprint density at radius 3 is 2.20 bits per heavy atom. The van der Waals surface area contributed by atoms with Gasteiger partial charge in [-0.1, -0.05) is 74.5 Å². The van der Waals surface area contributed by atoms with E-state index in [0.717, 1.165) is 30.6 Å². The SMILES string of the molecule is CC(C)CC(NCCCc1ccccc1)C(=O)NN(CCCN=C(N)N)C(=O)/C=C/C(=O)NCc1ccccc1. The molecule has 0 aliphatic rings. The summed E-state index contributed by atoms with van der Waals surface area (Å²) in [5.41, 5.74) is 15.7. The molecule has 0 radical (unpaired) electrons. The van der Waals surface area contributed by atoms with Gasteiger partial charge in [-0.2, -0.15) is 0 Å². The van der Waals surface area contributed by atoms with Crippen molar-refractivity contribution in [1.29, 1.82) is 0 Å². The summed E-state index contributed by atoms with van der Waals surface area (Å²) in [6, 6.07) is 19.1. The quantitative estimate of drug-likeness (QED) is 0.0709. The van der Waals surface area contributed by atoms with Gasteiger partial charge in [-0.05, 0) is 49.3 Å². The van der Waals surface area contributed by atoms with E-state index in [1.165, 1.54) is 10.6 Å². The molecule has 216 valence electrons. The number of carbonyl (C=O) groups excluding carboxylic acids is 3. The molecule has 0 fully saturated rings. The zero-order valence-corrected chi connectivity index (χ0v) is 23.5. The first kappa shape index (κ1) is 32.0. The van der Waals surface area contributed by atoms with Crippen molar-refractivity contribution in [2.75, 3.05) is 19.6 Å². The van der Waals surface area contributed by atoms with Gasteiger partial charge < -0.3 is 22.1 Å². The van der Waals surface area contributed by atoms with Crippen LogP contribution >= 0.6 is 0 Å². The van der Waals surface area contributed by atoms with Gasteiger partial charge in [0.25, 0.3) is 11.8 Å². The van der Waals surface area contributed by atoms with Crippen LogP contribution in [0, 0.1) is 5.92 Å². The van der Waals surface area contributed by atoms with E-state index in [9.17, 15) is 14.4 Å². The molecular weight excluding hydrogens is 506 g/mol. The molecule has 7 N–H and O–H groups in total. The second-order valence-electron chi connectivity index (χ2n) is 9.89. The highest BCUT2D eigenvalue weighted by molar-refractivity contribution is 5.97. The van der Waals surface area contributed by atoms with E-state index in [2.05, 4.69) is 33.2 Å². The summed E-state index contributed by atoms with van der Waals surface area (Å²) in [7, 11) is 0. The Balaban J connectivity index is 1.98. The zero-order chi connectivity index (χ0) is 29.2. The third-order valence-corrected chi connectivity index (χ3v) is 5.93. The number of amides is 3. The number of hydrogen-bond acceptors (Lipinski definition) is 5. The monoisotopic (exact) mass is 549 g/mol. The number of hydrazine groups is 1. The van der Waals surface area contributed by atoms with Crippen molar-refractivity contribution in [3.8, 4) is 0 Å². The number of carbonyl (C=O) groups is 3. The molecule has 10 nitrogen and oxygen atoms in total. The van der Waals surface area contributed by atoms with Gasteiger partial charge in [0, 0.05) is 31.8 Å². The Labute approximate surface area is 237 Å². The summed E-state index contributed by atoms with van der Waals surface area (Å²) < 4.78 is 0. The zero-order valence-electron chi connectivity index (χ0n) is 23.5. The number of hydrogen-bond donors (Lipinski definition) is 5. The van der Waals surface area contributed by atoms with E-state index in [0.29, 0.717) is 25.9 Å². The molecule has 0 aliphatic heterocycles. The second kappa shape index (κ2) is 18.2. The van der Waals surface area contributed by atoms with Gasteiger partial charge >= 0.3 is 0 Å². The van der Waals surface area contributed by atoms with Crippen molar-refractivity contribution in [2.24, 2.45) is 22.4 Å². The van der Waals surface area contributed by atoms with E-state index in [1.807, 2.05) is 62.4 Å². The Bertz CT molecular complexity index is 1100. The fourth-order valence-electron chi connectivity index (χ4n) is 3.92. The number of nitrogens with zero attached hydrogens (tertiary/aromatic N) is 2. The average Bonchev–Trinajstić information content (AvgIpc) is 2.94. The number of aryl methyl sites for hydroxylation is 1. The molecule has 1 atom stereocenters. The van der Waals surface area contributed by atoms with Crippen LogP contribution in [0.5, 0.6) is 0 Å². The summed E-state index contributed by atoms with van der Waals surface area (Å²) in [6.07, 6.45) is 5.09. The fourth-order valence-corrected chi connectivity index (χ4v) is 3.92. The maximum absolute atomic E-state index is 13.3. The molecule has 1 unspecified atom stereocenters. The maximum atomic E-state index is 13.3. The van der Waals surface area contributed by atoms with Crippen LogP contribution in [-0.2, 0) is 27.3 Å². The molecule has 0 heterocycles. The van der Waals surface area contributed by atoms with Crippen LogP contribution in [0.25, 0.3) is 0 Å². The van der Waals surface area contributed by atoms with E-state index >= 15 is 0 Å². The van der Waals surface area contributed by atoms with E-state index in [4.69, 9.17) is 11.5 Å². The molecule has 0 saturated heterocycles. The highest BCUT2D eigenvalue weighted by Crippen LogP contribution is 2.07. The van der Waals surface area contributed by atoms with E-state index in [1.54, 1.807) is 0 Å². The number of rotatable bonds is 16. The molecule has 40 heavy (non-hydrogen) atoms. The van der Waals surface area contributed by atoms with Gasteiger partial charge in [0.1, 0.15) is 0 Å². The number of guanidine groups is 1. The molecule has 0 aromatic heterocycles. The Morgan fingerprint density at radius 1 is 0.925 bits per heavy atom. The number of benzene rings is 2. The Kier molecular flexibility index (Phi) is 14.6. The van der Waals surface area contributed by atoms with Gasteiger partial charge in [0.15, 0.2) is 5.96 Å². The fraction of sp³-hybridized carbons (Fsp3) is 0.400. The topological polar surface area (TPSA) is 155 Å². The standard InChI is InChI=1S/C30H43N7O3/c1-23(2)21-26(33-18-9-15-24-11-5-3-6-12-24)29(40)36-37(20-10-19-34-30(31)32)28(39)17-16-27(38)35-22-25-13-7-4-8-14-25/h3-8,11-14,16-17,23,26,33H,9-10,15,18-22H2,1-2H3,(H,35,38)(H,36,40)(H4,31,32,34)/b17-16+. The molecule has 3 amide bonds. The summed E-state index contributed by atoms with van der Waals surface area (Å²) >= 11 is 0. The molecule has 2 aromatic carbocycles. The number of nitrogens with two attached hydrogens (primary N) is 2. The Morgan fingerprint density at radius 2 is 1.57 bits per heavy atom. The molecule has 0 saturated carbocycles. The lowest BCUT2D eigenvalue weighted by atomic mass is 10.0. The number of aliphatic imine (C=N–C) groups is 1. The third kappa shape index (κ3) is 13.6. The third-order valence-electron chi connectivity index (χ3n) is 5.93. The van der Waals surface area contributed by atoms with Gasteiger partial charge in [0.2, 0.25) is 5.91 Å². The molecule has 0 bridgehead atoms. The van der Waals surface area contributed by atoms with E-state index < -0.39 is 17.9 Å². The number of nitrogens with one attached hydrogen (secondary N) is 3. The lowest BCUT2D eigenvalue weighted by Crippen LogP contribution is -2.53. The van der Waals surface area contributed by atoms with Gasteiger partial charge in [-0.15, -0.1) is 0 Å². The van der Waals surface area contributed by atoms with Crippen molar-refractivity contribution >= 4 is 23.7 Å². The largest absolute Gasteiger partial charge is 0.370 e. The normalized spacial score (nSPS) is 11.7. The smallest absolute Gasteiger partial charge is 0.265 e. The minimum atomic E-state index is -0.528. The summed E-state index contributed by atoms with van der Waals surface area (Å²) in [4.78, 5) is 42.5. The molecule has 2 aromatic rings. The minimum Gasteiger partial charge on any atom is -0.370 e. The first-order chi connectivity index (χ1) is 19.2. The molecule has 10 heteroatoms. The first-order valence-electron chi connectivity index (χ1n) is 13.7. The molecule has 0 spiro atoms. The predicted molar refractivity (Wildman–Crippen MR) is 159 cm³/mol. The van der Waals surface area contributed by atoms with Crippen molar-refractivity contribution < 1.29 is 14.4 Å². The van der Waals surface area contributed by atoms with Gasteiger partial charge in [-0.25, -0.2) is 0 Å². The van der Waals surface area contributed by atoms with Crippen LogP contribution < -0.4 is 27.5 Å². The summed E-state index contributed by atoms with van der Waals surface area (Å²) in [5, 5.41) is 7.28. The summed E-state index contributed by atoms with van der Waals surface area (Å²) in [5.74, 6) is -1.04. The second-order valence-corrected chi connectivity index (χ2v) is 9.89. The highest BCUT2D eigenvalue weighted by Gasteiger charge is 2.23. The van der Waals surface area contributed by atoms with Crippen molar-refractivity contribution in [2.45, 2.75) is 52.1 Å². The average molecular weight is 550 g/mol. The van der Waals surface area contributed by atoms with Crippen LogP contribution in [-0.4, -0.2) is 54.4 Å². The van der Waals surface area contributed by atoms with Gasteiger partial charge in [0.05, 0.1) is 6.04 Å². The first-order valence-corrected chi connectivity index (χ1v) is 13.7. The van der Waals surface area contributed by atoms with Crippen LogP contribution in [0.4, 0.5) is 0 Å². The van der Waals surface area contributed by atoms with Crippen molar-refractivity contribution in [1.82, 2.24) is 21.1 Å². The highest BCUT2D eigenvalue weighted by atomic mass is 16.2. The van der Waals surface area contributed by atoms with Crippen LogP contribution in [0.3, 0.4) is 0 Å².